The maximum Gasteiger partial charge on any atom is 0.0314 e. The lowest BCUT2D eigenvalue weighted by Gasteiger charge is -2.22. The highest BCUT2D eigenvalue weighted by Gasteiger charge is 2.14. The van der Waals surface area contributed by atoms with Crippen molar-refractivity contribution in [2.24, 2.45) is 0 Å². The van der Waals surface area contributed by atoms with Crippen molar-refractivity contribution in [3.63, 3.8) is 0 Å². The Morgan fingerprint density at radius 3 is 2.38 bits per heavy atom. The third-order valence-corrected chi connectivity index (χ3v) is 4.97. The molecule has 3 rings (SSSR count). The Kier molecular flexibility index (Phi) is 5.30. The van der Waals surface area contributed by atoms with Crippen LogP contribution in [-0.4, -0.2) is 4.98 Å². The Labute approximate surface area is 131 Å². The van der Waals surface area contributed by atoms with Gasteiger partial charge in [-0.2, -0.15) is 0 Å². The number of aromatic nitrogens is 1. The zero-order valence-electron chi connectivity index (χ0n) is 12.3. The van der Waals surface area contributed by atoms with Crippen LogP contribution in [0.15, 0.2) is 53.7 Å². The van der Waals surface area contributed by atoms with Gasteiger partial charge < -0.3 is 0 Å². The molecule has 1 saturated carbocycles. The summed E-state index contributed by atoms with van der Waals surface area (Å²) < 4.78 is 3.41. The SMILES string of the molecule is c1cc(CNSc2ccc(C3CCCCC3)cc2)ccn1. The maximum atomic E-state index is 4.03. The number of hydrogen-bond acceptors (Lipinski definition) is 3. The first-order valence-electron chi connectivity index (χ1n) is 7.80. The molecule has 1 aromatic heterocycles. The van der Waals surface area contributed by atoms with Gasteiger partial charge in [-0.05, 0) is 66.1 Å². The molecule has 2 nitrogen and oxygen atoms in total. The van der Waals surface area contributed by atoms with Gasteiger partial charge in [0.05, 0.1) is 0 Å². The summed E-state index contributed by atoms with van der Waals surface area (Å²) in [5.41, 5.74) is 2.78. The van der Waals surface area contributed by atoms with Crippen LogP contribution in [0.3, 0.4) is 0 Å². The molecular formula is C18H22N2S. The van der Waals surface area contributed by atoms with Gasteiger partial charge in [-0.3, -0.25) is 9.71 Å². The fourth-order valence-corrected chi connectivity index (χ4v) is 3.63. The monoisotopic (exact) mass is 298 g/mol. The zero-order valence-corrected chi connectivity index (χ0v) is 13.1. The smallest absolute Gasteiger partial charge is 0.0314 e. The largest absolute Gasteiger partial charge is 0.265 e. The topological polar surface area (TPSA) is 24.9 Å². The molecule has 0 unspecified atom stereocenters. The van der Waals surface area contributed by atoms with Crippen LogP contribution in [-0.2, 0) is 6.54 Å². The lowest BCUT2D eigenvalue weighted by atomic mass is 9.84. The summed E-state index contributed by atoms with van der Waals surface area (Å²) in [5, 5.41) is 0. The second-order valence-electron chi connectivity index (χ2n) is 5.68. The van der Waals surface area contributed by atoms with E-state index in [1.165, 1.54) is 48.1 Å². The molecule has 1 aromatic carbocycles. The average molecular weight is 298 g/mol. The van der Waals surface area contributed by atoms with E-state index in [2.05, 4.69) is 34.0 Å². The van der Waals surface area contributed by atoms with Crippen molar-refractivity contribution >= 4 is 11.9 Å². The van der Waals surface area contributed by atoms with Crippen LogP contribution in [0.1, 0.15) is 49.1 Å². The minimum Gasteiger partial charge on any atom is -0.265 e. The predicted octanol–water partition coefficient (Wildman–Crippen LogP) is 4.93. The molecule has 1 N–H and O–H groups in total. The van der Waals surface area contributed by atoms with Gasteiger partial charge in [0.15, 0.2) is 0 Å². The minimum absolute atomic E-state index is 0.794. The van der Waals surface area contributed by atoms with Crippen molar-refractivity contribution < 1.29 is 0 Å². The van der Waals surface area contributed by atoms with E-state index in [0.29, 0.717) is 0 Å². The lowest BCUT2D eigenvalue weighted by molar-refractivity contribution is 0.443. The van der Waals surface area contributed by atoms with Crippen molar-refractivity contribution in [1.29, 1.82) is 0 Å². The molecule has 0 radical (unpaired) electrons. The Hall–Kier alpha value is -1.32. The normalized spacial score (nSPS) is 16.0. The maximum absolute atomic E-state index is 4.03. The van der Waals surface area contributed by atoms with E-state index in [4.69, 9.17) is 0 Å². The van der Waals surface area contributed by atoms with Crippen LogP contribution in [0.5, 0.6) is 0 Å². The number of benzene rings is 1. The van der Waals surface area contributed by atoms with E-state index in [-0.39, 0.29) is 0 Å². The Morgan fingerprint density at radius 2 is 1.67 bits per heavy atom. The summed E-state index contributed by atoms with van der Waals surface area (Å²) in [4.78, 5) is 5.31. The Bertz CT molecular complexity index is 533. The fraction of sp³-hybridized carbons (Fsp3) is 0.389. The van der Waals surface area contributed by atoms with Crippen molar-refractivity contribution in [1.82, 2.24) is 9.71 Å². The molecule has 2 aromatic rings. The van der Waals surface area contributed by atoms with Gasteiger partial charge in [-0.25, -0.2) is 0 Å². The molecule has 0 amide bonds. The number of rotatable bonds is 5. The van der Waals surface area contributed by atoms with Crippen molar-refractivity contribution in [3.8, 4) is 0 Å². The third kappa shape index (κ3) is 4.32. The summed E-state index contributed by atoms with van der Waals surface area (Å²) in [5.74, 6) is 0.794. The third-order valence-electron chi connectivity index (χ3n) is 4.17. The Morgan fingerprint density at radius 1 is 0.952 bits per heavy atom. The number of nitrogens with one attached hydrogen (secondary N) is 1. The minimum atomic E-state index is 0.794. The first-order chi connectivity index (χ1) is 10.4. The molecule has 0 spiro atoms. The molecule has 1 aliphatic rings. The molecule has 0 bridgehead atoms. The Balaban J connectivity index is 1.50. The molecular weight excluding hydrogens is 276 g/mol. The van der Waals surface area contributed by atoms with Gasteiger partial charge in [-0.15, -0.1) is 0 Å². The van der Waals surface area contributed by atoms with Crippen molar-refractivity contribution in [2.75, 3.05) is 0 Å². The molecule has 110 valence electrons. The molecule has 0 saturated heterocycles. The average Bonchev–Trinajstić information content (AvgIpc) is 2.57. The number of hydrogen-bond donors (Lipinski definition) is 1. The van der Waals surface area contributed by atoms with E-state index in [1.807, 2.05) is 24.5 Å². The van der Waals surface area contributed by atoms with Gasteiger partial charge in [0.2, 0.25) is 0 Å². The fourth-order valence-electron chi connectivity index (χ4n) is 2.95. The van der Waals surface area contributed by atoms with Crippen LogP contribution in [0.25, 0.3) is 0 Å². The van der Waals surface area contributed by atoms with Crippen LogP contribution in [0.4, 0.5) is 0 Å². The second kappa shape index (κ2) is 7.62. The van der Waals surface area contributed by atoms with Crippen molar-refractivity contribution in [3.05, 3.63) is 59.9 Å². The molecule has 0 aliphatic heterocycles. The quantitative estimate of drug-likeness (QED) is 0.793. The van der Waals surface area contributed by atoms with Gasteiger partial charge in [0.25, 0.3) is 0 Å². The predicted molar refractivity (Wildman–Crippen MR) is 89.2 cm³/mol. The highest BCUT2D eigenvalue weighted by molar-refractivity contribution is 7.97. The second-order valence-corrected chi connectivity index (χ2v) is 6.65. The van der Waals surface area contributed by atoms with Crippen molar-refractivity contribution in [2.45, 2.75) is 49.5 Å². The van der Waals surface area contributed by atoms with Gasteiger partial charge in [0.1, 0.15) is 0 Å². The molecule has 21 heavy (non-hydrogen) atoms. The first kappa shape index (κ1) is 14.6. The molecule has 1 heterocycles. The van der Waals surface area contributed by atoms with E-state index in [1.54, 1.807) is 11.9 Å². The summed E-state index contributed by atoms with van der Waals surface area (Å²) in [6, 6.07) is 13.2. The van der Waals surface area contributed by atoms with Crippen LogP contribution < -0.4 is 4.72 Å². The zero-order chi connectivity index (χ0) is 14.3. The van der Waals surface area contributed by atoms with Gasteiger partial charge >= 0.3 is 0 Å². The summed E-state index contributed by atoms with van der Waals surface area (Å²) >= 11 is 1.70. The van der Waals surface area contributed by atoms with E-state index in [0.717, 1.165) is 12.5 Å². The summed E-state index contributed by atoms with van der Waals surface area (Å²) in [6.45, 7) is 0.859. The van der Waals surface area contributed by atoms with Crippen LogP contribution in [0, 0.1) is 0 Å². The van der Waals surface area contributed by atoms with E-state index < -0.39 is 0 Å². The molecule has 1 aliphatic carbocycles. The molecule has 0 atom stereocenters. The van der Waals surface area contributed by atoms with E-state index in [9.17, 15) is 0 Å². The highest BCUT2D eigenvalue weighted by atomic mass is 32.2. The highest BCUT2D eigenvalue weighted by Crippen LogP contribution is 2.33. The van der Waals surface area contributed by atoms with Crippen LogP contribution >= 0.6 is 11.9 Å². The molecule has 3 heteroatoms. The molecule has 1 fully saturated rings. The van der Waals surface area contributed by atoms with Gasteiger partial charge in [-0.1, -0.05) is 31.4 Å². The van der Waals surface area contributed by atoms with Crippen LogP contribution in [0.2, 0.25) is 0 Å². The number of pyridine rings is 1. The summed E-state index contributed by atoms with van der Waals surface area (Å²) in [7, 11) is 0. The van der Waals surface area contributed by atoms with E-state index >= 15 is 0 Å². The standard InChI is InChI=1S/C18H22N2S/c1-2-4-16(5-3-1)17-6-8-18(9-7-17)21-20-14-15-10-12-19-13-11-15/h6-13,16,20H,1-5,14H2. The lowest BCUT2D eigenvalue weighted by Crippen LogP contribution is -2.05. The summed E-state index contributed by atoms with van der Waals surface area (Å²) in [6.07, 6.45) is 10.6. The number of nitrogens with zero attached hydrogens (tertiary/aromatic N) is 1. The van der Waals surface area contributed by atoms with Gasteiger partial charge in [0, 0.05) is 23.8 Å². The first-order valence-corrected chi connectivity index (χ1v) is 8.62.